The number of benzene rings is 1. The maximum Gasteiger partial charge on any atom is 0.0282 e. The van der Waals surface area contributed by atoms with Gasteiger partial charge in [0.05, 0.1) is 0 Å². The van der Waals surface area contributed by atoms with Crippen LogP contribution in [0.25, 0.3) is 0 Å². The molecule has 88 valence electrons. The summed E-state index contributed by atoms with van der Waals surface area (Å²) < 4.78 is 0. The molecule has 1 rings (SSSR count). The molecule has 2 heteroatoms. The molecule has 0 aliphatic rings. The van der Waals surface area contributed by atoms with Crippen LogP contribution in [-0.2, 0) is 0 Å². The monoisotopic (exact) mass is 218 g/mol. The van der Waals surface area contributed by atoms with Gasteiger partial charge in [-0.05, 0) is 24.8 Å². The quantitative estimate of drug-likeness (QED) is 0.419. The lowest BCUT2D eigenvalue weighted by molar-refractivity contribution is 0.409. The van der Waals surface area contributed by atoms with E-state index in [0.717, 1.165) is 19.3 Å². The van der Waals surface area contributed by atoms with Crippen LogP contribution in [0.2, 0.25) is 0 Å². The van der Waals surface area contributed by atoms with Crippen molar-refractivity contribution in [2.45, 2.75) is 38.1 Å². The summed E-state index contributed by atoms with van der Waals surface area (Å²) in [6, 6.07) is 10.9. The van der Waals surface area contributed by atoms with Crippen molar-refractivity contribution in [3.63, 3.8) is 0 Å². The van der Waals surface area contributed by atoms with Crippen LogP contribution in [-0.4, -0.2) is 6.04 Å². The van der Waals surface area contributed by atoms with Gasteiger partial charge in [-0.2, -0.15) is 0 Å². The molecular formula is C14H22N2. The Hall–Kier alpha value is -1.12. The Morgan fingerprint density at radius 2 is 2.06 bits per heavy atom. The average Bonchev–Trinajstić information content (AvgIpc) is 2.35. The van der Waals surface area contributed by atoms with Crippen LogP contribution >= 0.6 is 0 Å². The first-order valence-electron chi connectivity index (χ1n) is 5.95. The van der Waals surface area contributed by atoms with Crippen molar-refractivity contribution in [2.75, 3.05) is 0 Å². The fourth-order valence-electron chi connectivity index (χ4n) is 2.15. The van der Waals surface area contributed by atoms with Gasteiger partial charge in [0, 0.05) is 12.0 Å². The van der Waals surface area contributed by atoms with Gasteiger partial charge in [-0.1, -0.05) is 43.3 Å². The lowest BCUT2D eigenvalue weighted by Gasteiger charge is -2.25. The molecule has 0 aromatic heterocycles. The number of allylic oxidation sites excluding steroid dienone is 1. The molecule has 0 aliphatic carbocycles. The molecule has 0 saturated heterocycles. The Morgan fingerprint density at radius 1 is 1.38 bits per heavy atom. The summed E-state index contributed by atoms with van der Waals surface area (Å²) >= 11 is 0. The first kappa shape index (κ1) is 12.9. The molecule has 2 unspecified atom stereocenters. The van der Waals surface area contributed by atoms with Crippen LogP contribution in [0, 0.1) is 0 Å². The summed E-state index contributed by atoms with van der Waals surface area (Å²) in [5.41, 5.74) is 4.30. The van der Waals surface area contributed by atoms with Gasteiger partial charge in [0.15, 0.2) is 0 Å². The summed E-state index contributed by atoms with van der Waals surface area (Å²) in [6.45, 7) is 5.96. The van der Waals surface area contributed by atoms with Gasteiger partial charge < -0.3 is 0 Å². The van der Waals surface area contributed by atoms with Crippen molar-refractivity contribution in [1.29, 1.82) is 0 Å². The highest BCUT2D eigenvalue weighted by Crippen LogP contribution is 2.25. The summed E-state index contributed by atoms with van der Waals surface area (Å²) in [6.07, 6.45) is 5.07. The molecule has 0 aliphatic heterocycles. The third kappa shape index (κ3) is 3.47. The standard InChI is InChI=1S/C14H22N2/c1-3-5-11-14(16-15)13(4-2)12-9-7-6-8-10-12/h3,6-10,13-14,16H,1,4-5,11,15H2,2H3. The molecule has 1 aromatic carbocycles. The molecule has 3 N–H and O–H groups in total. The van der Waals surface area contributed by atoms with E-state index in [9.17, 15) is 0 Å². The van der Waals surface area contributed by atoms with E-state index in [0.29, 0.717) is 12.0 Å². The van der Waals surface area contributed by atoms with Crippen molar-refractivity contribution in [2.24, 2.45) is 5.84 Å². The molecule has 16 heavy (non-hydrogen) atoms. The minimum absolute atomic E-state index is 0.324. The Balaban J connectivity index is 2.74. The minimum Gasteiger partial charge on any atom is -0.271 e. The summed E-state index contributed by atoms with van der Waals surface area (Å²) in [5, 5.41) is 0. The van der Waals surface area contributed by atoms with Crippen LogP contribution < -0.4 is 11.3 Å². The highest BCUT2D eigenvalue weighted by atomic mass is 15.2. The van der Waals surface area contributed by atoms with E-state index in [1.807, 2.05) is 12.1 Å². The number of hydrogen-bond acceptors (Lipinski definition) is 2. The van der Waals surface area contributed by atoms with E-state index in [1.165, 1.54) is 5.56 Å². The van der Waals surface area contributed by atoms with Gasteiger partial charge in [0.25, 0.3) is 0 Å². The van der Waals surface area contributed by atoms with Crippen molar-refractivity contribution in [3.05, 3.63) is 48.6 Å². The lowest BCUT2D eigenvalue weighted by atomic mass is 9.87. The third-order valence-electron chi connectivity index (χ3n) is 3.05. The second-order valence-corrected chi connectivity index (χ2v) is 4.06. The topological polar surface area (TPSA) is 38.0 Å². The molecule has 0 spiro atoms. The van der Waals surface area contributed by atoms with E-state index < -0.39 is 0 Å². The SMILES string of the molecule is C=CCCC(NN)C(CC)c1ccccc1. The predicted octanol–water partition coefficient (Wildman–Crippen LogP) is 2.98. The zero-order valence-corrected chi connectivity index (χ0v) is 10.0. The average molecular weight is 218 g/mol. The number of rotatable bonds is 7. The van der Waals surface area contributed by atoms with Crippen LogP contribution in [0.5, 0.6) is 0 Å². The molecule has 0 saturated carbocycles. The van der Waals surface area contributed by atoms with Crippen LogP contribution in [0.1, 0.15) is 37.7 Å². The minimum atomic E-state index is 0.324. The smallest absolute Gasteiger partial charge is 0.0282 e. The Bertz CT molecular complexity index is 295. The van der Waals surface area contributed by atoms with Gasteiger partial charge in [-0.15, -0.1) is 6.58 Å². The van der Waals surface area contributed by atoms with Crippen molar-refractivity contribution in [3.8, 4) is 0 Å². The molecule has 0 amide bonds. The first-order valence-corrected chi connectivity index (χ1v) is 5.95. The third-order valence-corrected chi connectivity index (χ3v) is 3.05. The van der Waals surface area contributed by atoms with Crippen molar-refractivity contribution < 1.29 is 0 Å². The van der Waals surface area contributed by atoms with Crippen molar-refractivity contribution in [1.82, 2.24) is 5.43 Å². The van der Waals surface area contributed by atoms with E-state index in [4.69, 9.17) is 5.84 Å². The van der Waals surface area contributed by atoms with Gasteiger partial charge >= 0.3 is 0 Å². The van der Waals surface area contributed by atoms with Gasteiger partial charge in [0.2, 0.25) is 0 Å². The van der Waals surface area contributed by atoms with Crippen LogP contribution in [0.4, 0.5) is 0 Å². The van der Waals surface area contributed by atoms with Crippen LogP contribution in [0.15, 0.2) is 43.0 Å². The van der Waals surface area contributed by atoms with E-state index >= 15 is 0 Å². The second-order valence-electron chi connectivity index (χ2n) is 4.06. The Morgan fingerprint density at radius 3 is 2.56 bits per heavy atom. The summed E-state index contributed by atoms with van der Waals surface area (Å²) in [7, 11) is 0. The lowest BCUT2D eigenvalue weighted by Crippen LogP contribution is -2.39. The number of hydrazine groups is 1. The molecule has 0 radical (unpaired) electrons. The molecule has 2 atom stereocenters. The highest BCUT2D eigenvalue weighted by Gasteiger charge is 2.19. The molecule has 1 aromatic rings. The number of hydrogen-bond donors (Lipinski definition) is 2. The van der Waals surface area contributed by atoms with E-state index in [-0.39, 0.29) is 0 Å². The van der Waals surface area contributed by atoms with Gasteiger partial charge in [-0.25, -0.2) is 0 Å². The largest absolute Gasteiger partial charge is 0.271 e. The molecule has 0 fully saturated rings. The number of nitrogens with one attached hydrogen (secondary N) is 1. The van der Waals surface area contributed by atoms with Crippen LogP contribution in [0.3, 0.4) is 0 Å². The maximum atomic E-state index is 5.64. The Kier molecular flexibility index (Phi) is 5.83. The zero-order chi connectivity index (χ0) is 11.8. The van der Waals surface area contributed by atoms with Crippen molar-refractivity contribution >= 4 is 0 Å². The fraction of sp³-hybridized carbons (Fsp3) is 0.429. The maximum absolute atomic E-state index is 5.64. The van der Waals surface area contributed by atoms with Gasteiger partial charge in [0.1, 0.15) is 0 Å². The number of nitrogens with two attached hydrogens (primary N) is 1. The second kappa shape index (κ2) is 7.20. The highest BCUT2D eigenvalue weighted by molar-refractivity contribution is 5.21. The fourth-order valence-corrected chi connectivity index (χ4v) is 2.15. The Labute approximate surface area is 98.5 Å². The predicted molar refractivity (Wildman–Crippen MR) is 70.0 cm³/mol. The first-order chi connectivity index (χ1) is 7.83. The van der Waals surface area contributed by atoms with E-state index in [2.05, 4.69) is 43.2 Å². The molecule has 0 bridgehead atoms. The molecular weight excluding hydrogens is 196 g/mol. The normalized spacial score (nSPS) is 14.4. The summed E-state index contributed by atoms with van der Waals surface area (Å²) in [4.78, 5) is 0. The van der Waals surface area contributed by atoms with E-state index in [1.54, 1.807) is 0 Å². The molecule has 2 nitrogen and oxygen atoms in total. The van der Waals surface area contributed by atoms with Gasteiger partial charge in [-0.3, -0.25) is 11.3 Å². The molecule has 0 heterocycles. The zero-order valence-electron chi connectivity index (χ0n) is 10.0. The summed E-state index contributed by atoms with van der Waals surface area (Å²) in [5.74, 6) is 6.12.